The van der Waals surface area contributed by atoms with Gasteiger partial charge in [-0.2, -0.15) is 4.98 Å². The molecule has 0 aliphatic carbocycles. The van der Waals surface area contributed by atoms with E-state index < -0.39 is 0 Å². The van der Waals surface area contributed by atoms with Gasteiger partial charge >= 0.3 is 0 Å². The maximum Gasteiger partial charge on any atom is 0.227 e. The third kappa shape index (κ3) is 5.45. The lowest BCUT2D eigenvalue weighted by atomic mass is 10.2. The molecule has 2 rings (SSSR count). The lowest BCUT2D eigenvalue weighted by molar-refractivity contribution is 0.664. The fraction of sp³-hybridized carbons (Fsp3) is 0.524. The molecule has 1 heterocycles. The van der Waals surface area contributed by atoms with Crippen molar-refractivity contribution in [3.63, 3.8) is 0 Å². The first-order valence-corrected chi connectivity index (χ1v) is 9.46. The Morgan fingerprint density at radius 3 is 2.16 bits per heavy atom. The molecule has 0 fully saturated rings. The normalized spacial score (nSPS) is 11.0. The van der Waals surface area contributed by atoms with Crippen LogP contribution in [0.4, 0.5) is 11.8 Å². The standard InChI is InChI=1S/C21H32N4/c1-6-13-24(14-7-2)21-22-18(5)15-20(23-21)25(17(3)4)16-19-11-9-8-10-12-19/h8-12,15,17H,6-7,13-14,16H2,1-5H3. The number of hydrogen-bond acceptors (Lipinski definition) is 4. The first kappa shape index (κ1) is 19.2. The summed E-state index contributed by atoms with van der Waals surface area (Å²) < 4.78 is 0. The Balaban J connectivity index is 2.34. The van der Waals surface area contributed by atoms with Crippen LogP contribution in [0.1, 0.15) is 51.8 Å². The molecular weight excluding hydrogens is 308 g/mol. The zero-order valence-electron chi connectivity index (χ0n) is 16.4. The Hall–Kier alpha value is -2.10. The molecule has 0 unspecified atom stereocenters. The van der Waals surface area contributed by atoms with Crippen LogP contribution in [0.25, 0.3) is 0 Å². The summed E-state index contributed by atoms with van der Waals surface area (Å²) in [5, 5.41) is 0. The van der Waals surface area contributed by atoms with Crippen LogP contribution in [0, 0.1) is 6.92 Å². The predicted molar refractivity (Wildman–Crippen MR) is 107 cm³/mol. The summed E-state index contributed by atoms with van der Waals surface area (Å²) >= 11 is 0. The summed E-state index contributed by atoms with van der Waals surface area (Å²) in [5.74, 6) is 1.87. The highest BCUT2D eigenvalue weighted by Crippen LogP contribution is 2.22. The number of aromatic nitrogens is 2. The van der Waals surface area contributed by atoms with Gasteiger partial charge in [0, 0.05) is 37.4 Å². The Morgan fingerprint density at radius 1 is 0.960 bits per heavy atom. The Labute approximate surface area is 152 Å². The summed E-state index contributed by atoms with van der Waals surface area (Å²) in [4.78, 5) is 14.3. The van der Waals surface area contributed by atoms with Gasteiger partial charge in [-0.3, -0.25) is 0 Å². The van der Waals surface area contributed by atoms with Gasteiger partial charge in [-0.1, -0.05) is 44.2 Å². The molecule has 0 aliphatic heterocycles. The van der Waals surface area contributed by atoms with Gasteiger partial charge < -0.3 is 9.80 Å². The lowest BCUT2D eigenvalue weighted by Crippen LogP contribution is -2.33. The summed E-state index contributed by atoms with van der Waals surface area (Å²) in [6.45, 7) is 13.8. The van der Waals surface area contributed by atoms with Gasteiger partial charge in [0.1, 0.15) is 5.82 Å². The number of nitrogens with zero attached hydrogens (tertiary/aromatic N) is 4. The van der Waals surface area contributed by atoms with Gasteiger partial charge in [-0.25, -0.2) is 4.98 Å². The molecule has 0 N–H and O–H groups in total. The van der Waals surface area contributed by atoms with E-state index in [0.717, 1.165) is 49.9 Å². The lowest BCUT2D eigenvalue weighted by Gasteiger charge is -2.30. The van der Waals surface area contributed by atoms with E-state index in [-0.39, 0.29) is 0 Å². The third-order valence-corrected chi connectivity index (χ3v) is 4.21. The molecule has 0 amide bonds. The second-order valence-corrected chi connectivity index (χ2v) is 6.86. The van der Waals surface area contributed by atoms with Crippen molar-refractivity contribution in [2.75, 3.05) is 22.9 Å². The van der Waals surface area contributed by atoms with E-state index in [9.17, 15) is 0 Å². The van der Waals surface area contributed by atoms with E-state index >= 15 is 0 Å². The number of benzene rings is 1. The molecule has 136 valence electrons. The highest BCUT2D eigenvalue weighted by Gasteiger charge is 2.17. The number of anilines is 2. The maximum absolute atomic E-state index is 4.93. The van der Waals surface area contributed by atoms with Gasteiger partial charge in [-0.05, 0) is 39.2 Å². The van der Waals surface area contributed by atoms with Crippen molar-refractivity contribution in [1.82, 2.24) is 9.97 Å². The second kappa shape index (κ2) is 9.40. The average molecular weight is 341 g/mol. The molecule has 0 radical (unpaired) electrons. The van der Waals surface area contributed by atoms with Crippen molar-refractivity contribution in [1.29, 1.82) is 0 Å². The second-order valence-electron chi connectivity index (χ2n) is 6.86. The van der Waals surface area contributed by atoms with Crippen LogP contribution in [0.5, 0.6) is 0 Å². The maximum atomic E-state index is 4.93. The van der Waals surface area contributed by atoms with Gasteiger partial charge in [-0.15, -0.1) is 0 Å². The van der Waals surface area contributed by atoms with E-state index in [4.69, 9.17) is 9.97 Å². The summed E-state index contributed by atoms with van der Waals surface area (Å²) in [6.07, 6.45) is 2.20. The van der Waals surface area contributed by atoms with Crippen LogP contribution in [0.2, 0.25) is 0 Å². The fourth-order valence-corrected chi connectivity index (χ4v) is 2.98. The van der Waals surface area contributed by atoms with Crippen molar-refractivity contribution in [2.45, 2.75) is 60.0 Å². The Bertz CT molecular complexity index is 634. The molecule has 4 nitrogen and oxygen atoms in total. The average Bonchev–Trinajstić information content (AvgIpc) is 2.59. The highest BCUT2D eigenvalue weighted by molar-refractivity contribution is 5.47. The first-order valence-electron chi connectivity index (χ1n) is 9.46. The molecule has 2 aromatic rings. The topological polar surface area (TPSA) is 32.3 Å². The summed E-state index contributed by atoms with van der Waals surface area (Å²) in [6, 6.07) is 13.1. The third-order valence-electron chi connectivity index (χ3n) is 4.21. The first-order chi connectivity index (χ1) is 12.0. The van der Waals surface area contributed by atoms with Crippen LogP contribution < -0.4 is 9.80 Å². The minimum absolute atomic E-state index is 0.369. The van der Waals surface area contributed by atoms with E-state index in [2.05, 4.69) is 80.8 Å². The van der Waals surface area contributed by atoms with Crippen LogP contribution in [-0.4, -0.2) is 29.1 Å². The van der Waals surface area contributed by atoms with E-state index in [0.29, 0.717) is 6.04 Å². The number of hydrogen-bond donors (Lipinski definition) is 0. The number of rotatable bonds is 9. The monoisotopic (exact) mass is 340 g/mol. The van der Waals surface area contributed by atoms with Gasteiger partial charge in [0.2, 0.25) is 5.95 Å². The van der Waals surface area contributed by atoms with Crippen molar-refractivity contribution >= 4 is 11.8 Å². The van der Waals surface area contributed by atoms with Crippen LogP contribution in [0.3, 0.4) is 0 Å². The van der Waals surface area contributed by atoms with Gasteiger partial charge in [0.15, 0.2) is 0 Å². The van der Waals surface area contributed by atoms with E-state index in [1.165, 1.54) is 5.56 Å². The Morgan fingerprint density at radius 2 is 1.60 bits per heavy atom. The van der Waals surface area contributed by atoms with E-state index in [1.54, 1.807) is 0 Å². The van der Waals surface area contributed by atoms with Crippen LogP contribution in [-0.2, 0) is 6.54 Å². The zero-order chi connectivity index (χ0) is 18.2. The van der Waals surface area contributed by atoms with Crippen molar-refractivity contribution in [3.8, 4) is 0 Å². The minimum Gasteiger partial charge on any atom is -0.350 e. The van der Waals surface area contributed by atoms with Crippen molar-refractivity contribution < 1.29 is 0 Å². The molecule has 1 aromatic carbocycles. The van der Waals surface area contributed by atoms with Crippen LogP contribution in [0.15, 0.2) is 36.4 Å². The molecule has 0 saturated carbocycles. The molecule has 4 heteroatoms. The van der Waals surface area contributed by atoms with E-state index in [1.807, 2.05) is 0 Å². The zero-order valence-corrected chi connectivity index (χ0v) is 16.4. The predicted octanol–water partition coefficient (Wildman–Crippen LogP) is 4.83. The minimum atomic E-state index is 0.369. The molecule has 0 spiro atoms. The largest absolute Gasteiger partial charge is 0.350 e. The molecule has 25 heavy (non-hydrogen) atoms. The van der Waals surface area contributed by atoms with Crippen molar-refractivity contribution in [3.05, 3.63) is 47.7 Å². The highest BCUT2D eigenvalue weighted by atomic mass is 15.3. The van der Waals surface area contributed by atoms with Crippen LogP contribution >= 0.6 is 0 Å². The van der Waals surface area contributed by atoms with Gasteiger partial charge in [0.25, 0.3) is 0 Å². The molecule has 0 aliphatic rings. The summed E-state index contributed by atoms with van der Waals surface area (Å²) in [5.41, 5.74) is 2.32. The van der Waals surface area contributed by atoms with Crippen molar-refractivity contribution in [2.24, 2.45) is 0 Å². The fourth-order valence-electron chi connectivity index (χ4n) is 2.98. The molecule has 0 saturated heterocycles. The Kier molecular flexibility index (Phi) is 7.23. The molecular formula is C21H32N4. The molecule has 1 aromatic heterocycles. The molecule has 0 atom stereocenters. The SMILES string of the molecule is CCCN(CCC)c1nc(C)cc(N(Cc2ccccc2)C(C)C)n1. The smallest absolute Gasteiger partial charge is 0.227 e. The summed E-state index contributed by atoms with van der Waals surface area (Å²) in [7, 11) is 0. The quantitative estimate of drug-likeness (QED) is 0.655. The van der Waals surface area contributed by atoms with Gasteiger partial charge in [0.05, 0.1) is 0 Å². The molecule has 0 bridgehead atoms. The number of aryl methyl sites for hydroxylation is 1.